The van der Waals surface area contributed by atoms with Gasteiger partial charge in [0, 0.05) is 5.54 Å². The molecule has 0 aliphatic rings. The maximum atomic E-state index is 3.43. The molecule has 1 heteroatoms. The quantitative estimate of drug-likeness (QED) is 0.757. The van der Waals surface area contributed by atoms with Gasteiger partial charge in [0.1, 0.15) is 0 Å². The van der Waals surface area contributed by atoms with Crippen molar-refractivity contribution in [3.05, 3.63) is 35.9 Å². The van der Waals surface area contributed by atoms with E-state index in [9.17, 15) is 0 Å². The molecule has 14 heavy (non-hydrogen) atoms. The lowest BCUT2D eigenvalue weighted by Crippen LogP contribution is -2.47. The first kappa shape index (κ1) is 11.3. The topological polar surface area (TPSA) is 12.0 Å². The van der Waals surface area contributed by atoms with E-state index in [1.807, 2.05) is 7.05 Å². The fourth-order valence-corrected chi connectivity index (χ4v) is 1.72. The highest BCUT2D eigenvalue weighted by molar-refractivity contribution is 5.25. The van der Waals surface area contributed by atoms with E-state index in [1.54, 1.807) is 0 Å². The van der Waals surface area contributed by atoms with Gasteiger partial charge in [-0.3, -0.25) is 0 Å². The lowest BCUT2D eigenvalue weighted by molar-refractivity contribution is 0.168. The Kier molecular flexibility index (Phi) is 3.01. The van der Waals surface area contributed by atoms with Gasteiger partial charge in [-0.1, -0.05) is 51.1 Å². The molecule has 78 valence electrons. The highest BCUT2D eigenvalue weighted by Gasteiger charge is 2.37. The third kappa shape index (κ3) is 1.83. The van der Waals surface area contributed by atoms with Crippen molar-refractivity contribution < 1.29 is 0 Å². The van der Waals surface area contributed by atoms with Crippen LogP contribution in [0.5, 0.6) is 0 Å². The van der Waals surface area contributed by atoms with Crippen LogP contribution in [0.2, 0.25) is 0 Å². The molecule has 0 aliphatic heterocycles. The molecule has 0 bridgehead atoms. The highest BCUT2D eigenvalue weighted by Crippen LogP contribution is 2.38. The Morgan fingerprint density at radius 2 is 1.43 bits per heavy atom. The molecule has 0 heterocycles. The van der Waals surface area contributed by atoms with Crippen molar-refractivity contribution in [2.45, 2.75) is 33.2 Å². The molecule has 1 aromatic carbocycles. The Labute approximate surface area is 87.5 Å². The van der Waals surface area contributed by atoms with E-state index < -0.39 is 0 Å². The second kappa shape index (κ2) is 3.74. The van der Waals surface area contributed by atoms with Gasteiger partial charge in [0.15, 0.2) is 0 Å². The predicted octanol–water partition coefficient (Wildman–Crippen LogP) is 3.17. The van der Waals surface area contributed by atoms with Gasteiger partial charge in [0.05, 0.1) is 0 Å². The maximum absolute atomic E-state index is 3.43. The number of hydrogen-bond donors (Lipinski definition) is 1. The Bertz CT molecular complexity index is 284. The summed E-state index contributed by atoms with van der Waals surface area (Å²) in [5, 5.41) is 3.43. The van der Waals surface area contributed by atoms with Crippen LogP contribution < -0.4 is 5.32 Å². The number of benzene rings is 1. The van der Waals surface area contributed by atoms with E-state index in [1.165, 1.54) is 5.56 Å². The first-order chi connectivity index (χ1) is 6.42. The molecule has 0 saturated carbocycles. The average molecular weight is 191 g/mol. The Balaban J connectivity index is 3.15. The molecule has 1 rings (SSSR count). The van der Waals surface area contributed by atoms with Crippen LogP contribution in [-0.4, -0.2) is 7.05 Å². The van der Waals surface area contributed by atoms with Crippen molar-refractivity contribution in [2.75, 3.05) is 7.05 Å². The van der Waals surface area contributed by atoms with Gasteiger partial charge >= 0.3 is 0 Å². The number of hydrogen-bond acceptors (Lipinski definition) is 1. The summed E-state index contributed by atoms with van der Waals surface area (Å²) in [7, 11) is 2.03. The lowest BCUT2D eigenvalue weighted by atomic mass is 9.71. The summed E-state index contributed by atoms with van der Waals surface area (Å²) in [6, 6.07) is 10.6. The van der Waals surface area contributed by atoms with E-state index in [-0.39, 0.29) is 11.0 Å². The van der Waals surface area contributed by atoms with Crippen molar-refractivity contribution in [3.8, 4) is 0 Å². The summed E-state index contributed by atoms with van der Waals surface area (Å²) < 4.78 is 0. The highest BCUT2D eigenvalue weighted by atomic mass is 15.0. The zero-order valence-corrected chi connectivity index (χ0v) is 9.89. The van der Waals surface area contributed by atoms with E-state index in [2.05, 4.69) is 63.3 Å². The number of nitrogens with one attached hydrogen (secondary N) is 1. The molecule has 0 spiro atoms. The Morgan fingerprint density at radius 3 is 1.79 bits per heavy atom. The van der Waals surface area contributed by atoms with E-state index >= 15 is 0 Å². The van der Waals surface area contributed by atoms with Gasteiger partial charge in [-0.15, -0.1) is 0 Å². The SMILES string of the molecule is CNC(C)(c1ccccc1)C(C)(C)C. The summed E-state index contributed by atoms with van der Waals surface area (Å²) in [5.74, 6) is 0. The molecule has 0 saturated heterocycles. The third-order valence-electron chi connectivity index (χ3n) is 3.35. The fraction of sp³-hybridized carbons (Fsp3) is 0.538. The van der Waals surface area contributed by atoms with Crippen molar-refractivity contribution in [1.29, 1.82) is 0 Å². The van der Waals surface area contributed by atoms with Crippen LogP contribution in [0.25, 0.3) is 0 Å². The third-order valence-corrected chi connectivity index (χ3v) is 3.35. The normalized spacial score (nSPS) is 16.4. The second-order valence-corrected chi connectivity index (χ2v) is 4.99. The monoisotopic (exact) mass is 191 g/mol. The van der Waals surface area contributed by atoms with Crippen LogP contribution in [0, 0.1) is 5.41 Å². The van der Waals surface area contributed by atoms with E-state index in [0.29, 0.717) is 0 Å². The van der Waals surface area contributed by atoms with Gasteiger partial charge in [-0.2, -0.15) is 0 Å². The lowest BCUT2D eigenvalue weighted by Gasteiger charge is -2.42. The van der Waals surface area contributed by atoms with Crippen LogP contribution in [-0.2, 0) is 5.54 Å². The molecule has 0 aromatic heterocycles. The van der Waals surface area contributed by atoms with Gasteiger partial charge < -0.3 is 5.32 Å². The standard InChI is InChI=1S/C13H21N/c1-12(2,3)13(4,14-5)11-9-7-6-8-10-11/h6-10,14H,1-5H3. The van der Waals surface area contributed by atoms with Crippen LogP contribution >= 0.6 is 0 Å². The first-order valence-corrected chi connectivity index (χ1v) is 5.16. The van der Waals surface area contributed by atoms with Crippen molar-refractivity contribution in [2.24, 2.45) is 5.41 Å². The molecule has 0 aliphatic carbocycles. The largest absolute Gasteiger partial charge is 0.310 e. The van der Waals surface area contributed by atoms with Crippen LogP contribution in [0.15, 0.2) is 30.3 Å². The van der Waals surface area contributed by atoms with Crippen molar-refractivity contribution in [3.63, 3.8) is 0 Å². The van der Waals surface area contributed by atoms with Gasteiger partial charge in [-0.25, -0.2) is 0 Å². The molecular weight excluding hydrogens is 170 g/mol. The first-order valence-electron chi connectivity index (χ1n) is 5.16. The summed E-state index contributed by atoms with van der Waals surface area (Å²) in [6.07, 6.45) is 0. The zero-order valence-electron chi connectivity index (χ0n) is 9.89. The van der Waals surface area contributed by atoms with Crippen LogP contribution in [0.1, 0.15) is 33.3 Å². The molecule has 1 atom stereocenters. The minimum Gasteiger partial charge on any atom is -0.310 e. The molecule has 1 N–H and O–H groups in total. The zero-order chi connectivity index (χ0) is 10.8. The number of rotatable bonds is 2. The van der Waals surface area contributed by atoms with Crippen LogP contribution in [0.4, 0.5) is 0 Å². The summed E-state index contributed by atoms with van der Waals surface area (Å²) in [5.41, 5.74) is 1.56. The molecule has 1 unspecified atom stereocenters. The van der Waals surface area contributed by atoms with Gasteiger partial charge in [-0.05, 0) is 24.9 Å². The van der Waals surface area contributed by atoms with Crippen LogP contribution in [0.3, 0.4) is 0 Å². The molecule has 0 radical (unpaired) electrons. The summed E-state index contributed by atoms with van der Waals surface area (Å²) in [4.78, 5) is 0. The maximum Gasteiger partial charge on any atom is 0.0452 e. The van der Waals surface area contributed by atoms with E-state index in [0.717, 1.165) is 0 Å². The average Bonchev–Trinajstić information content (AvgIpc) is 2.16. The summed E-state index contributed by atoms with van der Waals surface area (Å²) in [6.45, 7) is 9.03. The minimum absolute atomic E-state index is 0.0221. The molecule has 1 aromatic rings. The Hall–Kier alpha value is -0.820. The van der Waals surface area contributed by atoms with Gasteiger partial charge in [0.25, 0.3) is 0 Å². The smallest absolute Gasteiger partial charge is 0.0452 e. The molecule has 0 fully saturated rings. The molecule has 0 amide bonds. The van der Waals surface area contributed by atoms with Crippen molar-refractivity contribution in [1.82, 2.24) is 5.32 Å². The summed E-state index contributed by atoms with van der Waals surface area (Å²) >= 11 is 0. The van der Waals surface area contributed by atoms with E-state index in [4.69, 9.17) is 0 Å². The van der Waals surface area contributed by atoms with Crippen molar-refractivity contribution >= 4 is 0 Å². The van der Waals surface area contributed by atoms with Gasteiger partial charge in [0.2, 0.25) is 0 Å². The Morgan fingerprint density at radius 1 is 0.929 bits per heavy atom. The minimum atomic E-state index is 0.0221. The molecular formula is C13H21N. The molecule has 1 nitrogen and oxygen atoms in total. The predicted molar refractivity (Wildman–Crippen MR) is 62.3 cm³/mol. The second-order valence-electron chi connectivity index (χ2n) is 4.99. The fourth-order valence-electron chi connectivity index (χ4n) is 1.72.